The number of para-hydroxylation sites is 1. The molecule has 3 heteroatoms. The molecule has 1 atom stereocenters. The Kier molecular flexibility index (Phi) is 6.45. The van der Waals surface area contributed by atoms with Crippen LogP contribution in [0.1, 0.15) is 25.7 Å². The Balaban J connectivity index is 1.46. The van der Waals surface area contributed by atoms with Crippen LogP contribution in [0.4, 0.5) is 0 Å². The van der Waals surface area contributed by atoms with Gasteiger partial charge in [-0.15, -0.1) is 0 Å². The van der Waals surface area contributed by atoms with Gasteiger partial charge in [0.2, 0.25) is 0 Å². The summed E-state index contributed by atoms with van der Waals surface area (Å²) in [6, 6.07) is 10.0. The van der Waals surface area contributed by atoms with Crippen molar-refractivity contribution in [2.24, 2.45) is 0 Å². The van der Waals surface area contributed by atoms with E-state index in [2.05, 4.69) is 17.1 Å². The van der Waals surface area contributed by atoms with Gasteiger partial charge in [-0.1, -0.05) is 24.6 Å². The standard InChI is InChI=1S/C15H23NOS/c1-2-7-14(8-3-1)17-11-6-10-16-13-15-9-4-5-12-18-15/h1-3,7-8,15-16H,4-6,9-13H2. The summed E-state index contributed by atoms with van der Waals surface area (Å²) in [4.78, 5) is 0. The predicted molar refractivity (Wildman–Crippen MR) is 79.5 cm³/mol. The quantitative estimate of drug-likeness (QED) is 0.764. The lowest BCUT2D eigenvalue weighted by Gasteiger charge is -2.21. The predicted octanol–water partition coefficient (Wildman–Crippen LogP) is 3.33. The molecular formula is C15H23NOS. The van der Waals surface area contributed by atoms with Gasteiger partial charge in [-0.05, 0) is 43.7 Å². The summed E-state index contributed by atoms with van der Waals surface area (Å²) >= 11 is 2.13. The van der Waals surface area contributed by atoms with Crippen molar-refractivity contribution in [1.29, 1.82) is 0 Å². The Morgan fingerprint density at radius 3 is 2.89 bits per heavy atom. The smallest absolute Gasteiger partial charge is 0.119 e. The molecule has 1 unspecified atom stereocenters. The van der Waals surface area contributed by atoms with Crippen molar-refractivity contribution < 1.29 is 4.74 Å². The fraction of sp³-hybridized carbons (Fsp3) is 0.600. The molecule has 1 aliphatic heterocycles. The van der Waals surface area contributed by atoms with E-state index in [4.69, 9.17) is 4.74 Å². The minimum atomic E-state index is 0.800. The van der Waals surface area contributed by atoms with E-state index in [0.29, 0.717) is 0 Å². The van der Waals surface area contributed by atoms with E-state index in [1.807, 2.05) is 30.3 Å². The van der Waals surface area contributed by atoms with Gasteiger partial charge >= 0.3 is 0 Å². The van der Waals surface area contributed by atoms with E-state index < -0.39 is 0 Å². The third-order valence-electron chi connectivity index (χ3n) is 3.16. The van der Waals surface area contributed by atoms with Gasteiger partial charge in [0.05, 0.1) is 6.61 Å². The van der Waals surface area contributed by atoms with Gasteiger partial charge in [0.1, 0.15) is 5.75 Å². The first kappa shape index (κ1) is 13.8. The van der Waals surface area contributed by atoms with Crippen LogP contribution in [-0.2, 0) is 0 Å². The summed E-state index contributed by atoms with van der Waals surface area (Å²) in [5, 5.41) is 4.38. The number of benzene rings is 1. The maximum Gasteiger partial charge on any atom is 0.119 e. The van der Waals surface area contributed by atoms with Crippen LogP contribution in [0.15, 0.2) is 30.3 Å². The van der Waals surface area contributed by atoms with Crippen molar-refractivity contribution in [3.63, 3.8) is 0 Å². The van der Waals surface area contributed by atoms with Gasteiger partial charge in [0.15, 0.2) is 0 Å². The molecule has 1 aromatic carbocycles. The average Bonchev–Trinajstić information content (AvgIpc) is 2.45. The molecule has 2 nitrogen and oxygen atoms in total. The molecule has 0 aromatic heterocycles. The van der Waals surface area contributed by atoms with E-state index in [9.17, 15) is 0 Å². The van der Waals surface area contributed by atoms with Crippen LogP contribution in [0, 0.1) is 0 Å². The highest BCUT2D eigenvalue weighted by molar-refractivity contribution is 7.99. The van der Waals surface area contributed by atoms with Crippen molar-refractivity contribution in [3.8, 4) is 5.75 Å². The summed E-state index contributed by atoms with van der Waals surface area (Å²) in [6.07, 6.45) is 5.28. The second-order valence-electron chi connectivity index (χ2n) is 4.71. The maximum atomic E-state index is 5.65. The largest absolute Gasteiger partial charge is 0.494 e. The number of nitrogens with one attached hydrogen (secondary N) is 1. The molecule has 1 N–H and O–H groups in total. The second-order valence-corrected chi connectivity index (χ2v) is 6.12. The highest BCUT2D eigenvalue weighted by Gasteiger charge is 2.12. The third kappa shape index (κ3) is 5.32. The molecule has 18 heavy (non-hydrogen) atoms. The number of hydrogen-bond acceptors (Lipinski definition) is 3. The number of thioether (sulfide) groups is 1. The molecular weight excluding hydrogens is 242 g/mol. The number of hydrogen-bond donors (Lipinski definition) is 1. The van der Waals surface area contributed by atoms with Crippen molar-refractivity contribution in [1.82, 2.24) is 5.32 Å². The molecule has 1 fully saturated rings. The molecule has 2 rings (SSSR count). The molecule has 0 saturated carbocycles. The second kappa shape index (κ2) is 8.44. The molecule has 1 aliphatic rings. The first-order valence-electron chi connectivity index (χ1n) is 6.95. The molecule has 0 amide bonds. The van der Waals surface area contributed by atoms with Crippen LogP contribution in [0.5, 0.6) is 5.75 Å². The fourth-order valence-electron chi connectivity index (χ4n) is 2.14. The van der Waals surface area contributed by atoms with E-state index in [1.165, 1.54) is 25.0 Å². The summed E-state index contributed by atoms with van der Waals surface area (Å²) < 4.78 is 5.65. The Morgan fingerprint density at radius 2 is 2.11 bits per heavy atom. The van der Waals surface area contributed by atoms with Crippen LogP contribution in [-0.4, -0.2) is 30.7 Å². The van der Waals surface area contributed by atoms with Crippen molar-refractivity contribution >= 4 is 11.8 Å². The SMILES string of the molecule is c1ccc(OCCCNCC2CCCCS2)cc1. The van der Waals surface area contributed by atoms with E-state index in [1.54, 1.807) is 0 Å². The summed E-state index contributed by atoms with van der Waals surface area (Å²) in [5.41, 5.74) is 0. The van der Waals surface area contributed by atoms with Gasteiger partial charge in [-0.3, -0.25) is 0 Å². The first-order chi connectivity index (χ1) is 8.95. The van der Waals surface area contributed by atoms with E-state index in [0.717, 1.165) is 37.1 Å². The normalized spacial score (nSPS) is 19.7. The van der Waals surface area contributed by atoms with Gasteiger partial charge in [0.25, 0.3) is 0 Å². The van der Waals surface area contributed by atoms with Crippen LogP contribution in [0.25, 0.3) is 0 Å². The van der Waals surface area contributed by atoms with Crippen molar-refractivity contribution in [2.45, 2.75) is 30.9 Å². The lowest BCUT2D eigenvalue weighted by Crippen LogP contribution is -2.28. The lowest BCUT2D eigenvalue weighted by molar-refractivity contribution is 0.308. The summed E-state index contributed by atoms with van der Waals surface area (Å²) in [6.45, 7) is 3.02. The monoisotopic (exact) mass is 265 g/mol. The highest BCUT2D eigenvalue weighted by atomic mass is 32.2. The summed E-state index contributed by atoms with van der Waals surface area (Å²) in [7, 11) is 0. The van der Waals surface area contributed by atoms with Crippen molar-refractivity contribution in [3.05, 3.63) is 30.3 Å². The molecule has 1 heterocycles. The number of ether oxygens (including phenoxy) is 1. The van der Waals surface area contributed by atoms with Crippen LogP contribution in [0.3, 0.4) is 0 Å². The third-order valence-corrected chi connectivity index (χ3v) is 4.55. The maximum absolute atomic E-state index is 5.65. The highest BCUT2D eigenvalue weighted by Crippen LogP contribution is 2.24. The molecule has 1 saturated heterocycles. The average molecular weight is 265 g/mol. The Bertz CT molecular complexity index is 312. The van der Waals surface area contributed by atoms with Crippen LogP contribution >= 0.6 is 11.8 Å². The molecule has 1 aromatic rings. The van der Waals surface area contributed by atoms with Gasteiger partial charge in [-0.25, -0.2) is 0 Å². The zero-order valence-corrected chi connectivity index (χ0v) is 11.8. The molecule has 0 spiro atoms. The van der Waals surface area contributed by atoms with Gasteiger partial charge < -0.3 is 10.1 Å². The molecule has 100 valence electrons. The zero-order valence-electron chi connectivity index (χ0n) is 10.9. The van der Waals surface area contributed by atoms with Gasteiger partial charge in [0, 0.05) is 11.8 Å². The van der Waals surface area contributed by atoms with Crippen molar-refractivity contribution in [2.75, 3.05) is 25.4 Å². The Labute approximate surface area is 114 Å². The van der Waals surface area contributed by atoms with E-state index in [-0.39, 0.29) is 0 Å². The topological polar surface area (TPSA) is 21.3 Å². The zero-order chi connectivity index (χ0) is 12.5. The Hall–Kier alpha value is -0.670. The van der Waals surface area contributed by atoms with Crippen LogP contribution < -0.4 is 10.1 Å². The van der Waals surface area contributed by atoms with Gasteiger partial charge in [-0.2, -0.15) is 11.8 Å². The molecule has 0 aliphatic carbocycles. The first-order valence-corrected chi connectivity index (χ1v) is 8.00. The molecule has 0 radical (unpaired) electrons. The minimum Gasteiger partial charge on any atom is -0.494 e. The summed E-state index contributed by atoms with van der Waals surface area (Å²) in [5.74, 6) is 2.32. The molecule has 0 bridgehead atoms. The van der Waals surface area contributed by atoms with Crippen LogP contribution in [0.2, 0.25) is 0 Å². The van der Waals surface area contributed by atoms with E-state index >= 15 is 0 Å². The minimum absolute atomic E-state index is 0.800. The fourth-order valence-corrected chi connectivity index (χ4v) is 3.41. The Morgan fingerprint density at radius 1 is 1.22 bits per heavy atom. The number of rotatable bonds is 7. The lowest BCUT2D eigenvalue weighted by atomic mass is 10.2.